The lowest BCUT2D eigenvalue weighted by atomic mass is 10.0. The van der Waals surface area contributed by atoms with E-state index >= 15 is 0 Å². The standard InChI is InChI=1S/C19H23NO3/c1-4-22-17-11-18-16(14(3)12-23-18)10-15(17)13(2)9-19(21)20-7-5-6-8-20/h9-12H,4-8H2,1-3H3/b13-9+. The highest BCUT2D eigenvalue weighted by molar-refractivity contribution is 5.97. The molecule has 0 bridgehead atoms. The summed E-state index contributed by atoms with van der Waals surface area (Å²) >= 11 is 0. The molecule has 1 aliphatic heterocycles. The lowest BCUT2D eigenvalue weighted by Gasteiger charge is -2.15. The van der Waals surface area contributed by atoms with Crippen molar-refractivity contribution in [3.63, 3.8) is 0 Å². The summed E-state index contributed by atoms with van der Waals surface area (Å²) in [5, 5.41) is 1.06. The molecule has 0 unspecified atom stereocenters. The van der Waals surface area contributed by atoms with Gasteiger partial charge in [-0.2, -0.15) is 0 Å². The summed E-state index contributed by atoms with van der Waals surface area (Å²) in [7, 11) is 0. The summed E-state index contributed by atoms with van der Waals surface area (Å²) in [4.78, 5) is 14.3. The first-order valence-corrected chi connectivity index (χ1v) is 8.22. The van der Waals surface area contributed by atoms with Crippen LogP contribution >= 0.6 is 0 Å². The van der Waals surface area contributed by atoms with Crippen molar-refractivity contribution in [2.24, 2.45) is 0 Å². The van der Waals surface area contributed by atoms with Crippen molar-refractivity contribution in [1.82, 2.24) is 4.90 Å². The molecule has 4 heteroatoms. The molecule has 0 radical (unpaired) electrons. The zero-order valence-electron chi connectivity index (χ0n) is 14.0. The van der Waals surface area contributed by atoms with Crippen LogP contribution in [-0.4, -0.2) is 30.5 Å². The molecule has 0 atom stereocenters. The number of nitrogens with zero attached hydrogens (tertiary/aromatic N) is 1. The van der Waals surface area contributed by atoms with E-state index in [0.717, 1.165) is 59.3 Å². The average molecular weight is 313 g/mol. The maximum absolute atomic E-state index is 12.4. The van der Waals surface area contributed by atoms with E-state index in [0.29, 0.717) is 6.61 Å². The van der Waals surface area contributed by atoms with E-state index < -0.39 is 0 Å². The highest BCUT2D eigenvalue weighted by Crippen LogP contribution is 2.33. The van der Waals surface area contributed by atoms with Crippen molar-refractivity contribution < 1.29 is 13.9 Å². The molecule has 23 heavy (non-hydrogen) atoms. The second-order valence-electron chi connectivity index (χ2n) is 6.06. The molecule has 3 rings (SSSR count). The molecule has 1 saturated heterocycles. The van der Waals surface area contributed by atoms with Gasteiger partial charge in [0.25, 0.3) is 0 Å². The van der Waals surface area contributed by atoms with Gasteiger partial charge in [-0.25, -0.2) is 0 Å². The fourth-order valence-electron chi connectivity index (χ4n) is 3.06. The molecule has 1 aromatic carbocycles. The smallest absolute Gasteiger partial charge is 0.246 e. The summed E-state index contributed by atoms with van der Waals surface area (Å²) in [6, 6.07) is 3.97. The Labute approximate surface area is 136 Å². The van der Waals surface area contributed by atoms with Gasteiger partial charge in [0.2, 0.25) is 5.91 Å². The van der Waals surface area contributed by atoms with Gasteiger partial charge in [0.1, 0.15) is 11.3 Å². The number of carbonyl (C=O) groups excluding carboxylic acids is 1. The van der Waals surface area contributed by atoms with E-state index in [2.05, 4.69) is 6.07 Å². The van der Waals surface area contributed by atoms with Crippen LogP contribution in [0, 0.1) is 6.92 Å². The number of likely N-dealkylation sites (tertiary alicyclic amines) is 1. The number of aryl methyl sites for hydroxylation is 1. The van der Waals surface area contributed by atoms with Crippen molar-refractivity contribution in [3.05, 3.63) is 35.6 Å². The minimum Gasteiger partial charge on any atom is -0.493 e. The molecule has 1 amide bonds. The number of ether oxygens (including phenoxy) is 1. The normalized spacial score (nSPS) is 15.4. The van der Waals surface area contributed by atoms with Gasteiger partial charge in [-0.05, 0) is 50.8 Å². The van der Waals surface area contributed by atoms with Gasteiger partial charge in [0.15, 0.2) is 0 Å². The first-order chi connectivity index (χ1) is 11.1. The van der Waals surface area contributed by atoms with Gasteiger partial charge in [-0.15, -0.1) is 0 Å². The van der Waals surface area contributed by atoms with Gasteiger partial charge in [0, 0.05) is 36.2 Å². The summed E-state index contributed by atoms with van der Waals surface area (Å²) in [6.45, 7) is 8.24. The predicted octanol–water partition coefficient (Wildman–Crippen LogP) is 4.17. The van der Waals surface area contributed by atoms with Crippen molar-refractivity contribution in [1.29, 1.82) is 0 Å². The van der Waals surface area contributed by atoms with Gasteiger partial charge in [-0.3, -0.25) is 4.79 Å². The highest BCUT2D eigenvalue weighted by atomic mass is 16.5. The van der Waals surface area contributed by atoms with Crippen molar-refractivity contribution >= 4 is 22.4 Å². The number of allylic oxidation sites excluding steroid dienone is 1. The SMILES string of the molecule is CCOc1cc2occ(C)c2cc1/C(C)=C/C(=O)N1CCCC1. The van der Waals surface area contributed by atoms with Crippen LogP contribution in [0.15, 0.2) is 28.9 Å². The average Bonchev–Trinajstić information content (AvgIpc) is 3.17. The zero-order valence-corrected chi connectivity index (χ0v) is 14.0. The number of hydrogen-bond donors (Lipinski definition) is 0. The van der Waals surface area contributed by atoms with Gasteiger partial charge < -0.3 is 14.1 Å². The lowest BCUT2D eigenvalue weighted by molar-refractivity contribution is -0.124. The van der Waals surface area contributed by atoms with Crippen LogP contribution in [0.5, 0.6) is 5.75 Å². The largest absolute Gasteiger partial charge is 0.493 e. The van der Waals surface area contributed by atoms with Crippen LogP contribution in [-0.2, 0) is 4.79 Å². The number of rotatable bonds is 4. The molecule has 2 heterocycles. The fraction of sp³-hybridized carbons (Fsp3) is 0.421. The summed E-state index contributed by atoms with van der Waals surface area (Å²) in [5.74, 6) is 0.851. The Morgan fingerprint density at radius 3 is 2.78 bits per heavy atom. The van der Waals surface area contributed by atoms with Gasteiger partial charge >= 0.3 is 0 Å². The second-order valence-corrected chi connectivity index (χ2v) is 6.06. The van der Waals surface area contributed by atoms with E-state index in [1.54, 1.807) is 12.3 Å². The van der Waals surface area contributed by atoms with Crippen LogP contribution in [0.1, 0.15) is 37.8 Å². The number of hydrogen-bond acceptors (Lipinski definition) is 3. The summed E-state index contributed by atoms with van der Waals surface area (Å²) in [5.41, 5.74) is 3.78. The molecule has 4 nitrogen and oxygen atoms in total. The third-order valence-electron chi connectivity index (χ3n) is 4.35. The Morgan fingerprint density at radius 1 is 1.35 bits per heavy atom. The minimum absolute atomic E-state index is 0.0893. The Balaban J connectivity index is 1.99. The minimum atomic E-state index is 0.0893. The summed E-state index contributed by atoms with van der Waals surface area (Å²) in [6.07, 6.45) is 5.68. The topological polar surface area (TPSA) is 42.7 Å². The van der Waals surface area contributed by atoms with E-state index in [9.17, 15) is 4.79 Å². The molecule has 1 aromatic heterocycles. The van der Waals surface area contributed by atoms with E-state index in [1.807, 2.05) is 31.7 Å². The molecule has 1 aliphatic rings. The Bertz CT molecular complexity index is 751. The molecular formula is C19H23NO3. The first kappa shape index (κ1) is 15.7. The maximum atomic E-state index is 12.4. The maximum Gasteiger partial charge on any atom is 0.246 e. The number of benzene rings is 1. The molecule has 0 N–H and O–H groups in total. The molecule has 1 fully saturated rings. The third kappa shape index (κ3) is 3.11. The lowest BCUT2D eigenvalue weighted by Crippen LogP contribution is -2.25. The second kappa shape index (κ2) is 6.49. The van der Waals surface area contributed by atoms with Crippen LogP contribution in [0.25, 0.3) is 16.5 Å². The molecule has 2 aromatic rings. The number of fused-ring (bicyclic) bond motifs is 1. The van der Waals surface area contributed by atoms with E-state index in [-0.39, 0.29) is 5.91 Å². The molecule has 0 spiro atoms. The van der Waals surface area contributed by atoms with Crippen molar-refractivity contribution in [3.8, 4) is 5.75 Å². The van der Waals surface area contributed by atoms with Crippen LogP contribution in [0.2, 0.25) is 0 Å². The van der Waals surface area contributed by atoms with E-state index in [4.69, 9.17) is 9.15 Å². The van der Waals surface area contributed by atoms with Gasteiger partial charge in [-0.1, -0.05) is 0 Å². The Kier molecular flexibility index (Phi) is 4.42. The van der Waals surface area contributed by atoms with Crippen LogP contribution in [0.3, 0.4) is 0 Å². The molecule has 122 valence electrons. The Hall–Kier alpha value is -2.23. The summed E-state index contributed by atoms with van der Waals surface area (Å²) < 4.78 is 11.3. The molecule has 0 saturated carbocycles. The van der Waals surface area contributed by atoms with E-state index in [1.165, 1.54) is 0 Å². The predicted molar refractivity (Wildman–Crippen MR) is 91.6 cm³/mol. The van der Waals surface area contributed by atoms with Gasteiger partial charge in [0.05, 0.1) is 12.9 Å². The van der Waals surface area contributed by atoms with Crippen LogP contribution < -0.4 is 4.74 Å². The number of carbonyl (C=O) groups is 1. The van der Waals surface area contributed by atoms with Crippen molar-refractivity contribution in [2.45, 2.75) is 33.6 Å². The fourth-order valence-corrected chi connectivity index (χ4v) is 3.06. The Morgan fingerprint density at radius 2 is 2.09 bits per heavy atom. The van der Waals surface area contributed by atoms with Crippen molar-refractivity contribution in [2.75, 3.05) is 19.7 Å². The quantitative estimate of drug-likeness (QED) is 0.796. The molecule has 0 aliphatic carbocycles. The molecular weight excluding hydrogens is 290 g/mol. The zero-order chi connectivity index (χ0) is 16.4. The monoisotopic (exact) mass is 313 g/mol. The highest BCUT2D eigenvalue weighted by Gasteiger charge is 2.18. The first-order valence-electron chi connectivity index (χ1n) is 8.22. The number of amides is 1. The third-order valence-corrected chi connectivity index (χ3v) is 4.35. The number of furan rings is 1. The van der Waals surface area contributed by atoms with Crippen LogP contribution in [0.4, 0.5) is 0 Å².